The Morgan fingerprint density at radius 3 is 2.42 bits per heavy atom. The minimum atomic E-state index is 0.535. The van der Waals surface area contributed by atoms with Gasteiger partial charge in [0.25, 0.3) is 0 Å². The van der Waals surface area contributed by atoms with Gasteiger partial charge in [-0.1, -0.05) is 22.9 Å². The van der Waals surface area contributed by atoms with Crippen LogP contribution in [0.5, 0.6) is 0 Å². The van der Waals surface area contributed by atoms with Gasteiger partial charge in [-0.25, -0.2) is 9.97 Å². The molecule has 1 aromatic carbocycles. The number of aromatic nitrogens is 2. The van der Waals surface area contributed by atoms with Crippen LogP contribution in [0.3, 0.4) is 0 Å². The van der Waals surface area contributed by atoms with Crippen LogP contribution in [0.1, 0.15) is 23.6 Å². The second kappa shape index (κ2) is 5.57. The average Bonchev–Trinajstić information content (AvgIpc) is 2.34. The number of nitrogens with one attached hydrogen (secondary N) is 1. The van der Waals surface area contributed by atoms with E-state index in [-0.39, 0.29) is 0 Å². The zero-order chi connectivity index (χ0) is 14.0. The summed E-state index contributed by atoms with van der Waals surface area (Å²) in [7, 11) is 0. The van der Waals surface area contributed by atoms with Crippen LogP contribution in [0.15, 0.2) is 22.9 Å². The molecule has 1 aromatic heterocycles. The quantitative estimate of drug-likeness (QED) is 0.904. The molecule has 0 bridgehead atoms. The van der Waals surface area contributed by atoms with Gasteiger partial charge >= 0.3 is 0 Å². The highest BCUT2D eigenvalue weighted by atomic mass is 79.9. The van der Waals surface area contributed by atoms with Crippen molar-refractivity contribution in [3.05, 3.63) is 39.6 Å². The largest absolute Gasteiger partial charge is 0.383 e. The van der Waals surface area contributed by atoms with Crippen molar-refractivity contribution < 1.29 is 0 Å². The molecule has 5 heteroatoms. The highest BCUT2D eigenvalue weighted by Crippen LogP contribution is 2.29. The van der Waals surface area contributed by atoms with Crippen LogP contribution in [-0.4, -0.2) is 9.97 Å². The van der Waals surface area contributed by atoms with Crippen molar-refractivity contribution in [1.82, 2.24) is 9.97 Å². The second-order valence-corrected chi connectivity index (χ2v) is 5.39. The Labute approximate surface area is 121 Å². The molecule has 0 saturated heterocycles. The van der Waals surface area contributed by atoms with Crippen LogP contribution in [0.2, 0.25) is 0 Å². The van der Waals surface area contributed by atoms with E-state index in [2.05, 4.69) is 57.2 Å². The fourth-order valence-electron chi connectivity index (χ4n) is 2.11. The monoisotopic (exact) mass is 320 g/mol. The lowest BCUT2D eigenvalue weighted by atomic mass is 10.1. The van der Waals surface area contributed by atoms with Crippen molar-refractivity contribution in [1.29, 1.82) is 0 Å². The molecule has 100 valence electrons. The third kappa shape index (κ3) is 2.87. The summed E-state index contributed by atoms with van der Waals surface area (Å²) in [4.78, 5) is 8.33. The van der Waals surface area contributed by atoms with Crippen LogP contribution in [-0.2, 0) is 6.42 Å². The molecular weight excluding hydrogens is 304 g/mol. The molecule has 0 radical (unpaired) electrons. The van der Waals surface area contributed by atoms with Gasteiger partial charge in [-0.15, -0.1) is 0 Å². The molecule has 0 aliphatic carbocycles. The van der Waals surface area contributed by atoms with Crippen molar-refractivity contribution >= 4 is 33.3 Å². The maximum Gasteiger partial charge on any atom is 0.139 e. The predicted octanol–water partition coefficient (Wildman–Crippen LogP) is 3.74. The van der Waals surface area contributed by atoms with Crippen LogP contribution >= 0.6 is 15.9 Å². The first-order chi connectivity index (χ1) is 9.02. The summed E-state index contributed by atoms with van der Waals surface area (Å²) in [5.41, 5.74) is 10.2. The SMILES string of the molecule is CCc1c(N)ncnc1Nc1c(C)cc(Br)cc1C. The van der Waals surface area contributed by atoms with Gasteiger partial charge in [-0.3, -0.25) is 0 Å². The highest BCUT2D eigenvalue weighted by molar-refractivity contribution is 9.10. The molecule has 19 heavy (non-hydrogen) atoms. The number of anilines is 3. The highest BCUT2D eigenvalue weighted by Gasteiger charge is 2.10. The summed E-state index contributed by atoms with van der Waals surface area (Å²) in [5.74, 6) is 1.32. The van der Waals surface area contributed by atoms with E-state index in [0.29, 0.717) is 5.82 Å². The van der Waals surface area contributed by atoms with Crippen LogP contribution in [0.4, 0.5) is 17.3 Å². The fraction of sp³-hybridized carbons (Fsp3) is 0.286. The standard InChI is InChI=1S/C14H17BrN4/c1-4-11-13(16)17-7-18-14(11)19-12-8(2)5-10(15)6-9(12)3/h5-7H,4H2,1-3H3,(H3,16,17,18,19). The van der Waals surface area contributed by atoms with Crippen molar-refractivity contribution in [2.45, 2.75) is 27.2 Å². The second-order valence-electron chi connectivity index (χ2n) is 4.48. The topological polar surface area (TPSA) is 63.8 Å². The smallest absolute Gasteiger partial charge is 0.139 e. The number of nitrogens with zero attached hydrogens (tertiary/aromatic N) is 2. The summed E-state index contributed by atoms with van der Waals surface area (Å²) in [6, 6.07) is 4.15. The van der Waals surface area contributed by atoms with Gasteiger partial charge in [-0.05, 0) is 43.5 Å². The molecule has 2 rings (SSSR count). The van der Waals surface area contributed by atoms with E-state index in [1.165, 1.54) is 6.33 Å². The number of nitrogen functional groups attached to an aromatic ring is 1. The first-order valence-corrected chi connectivity index (χ1v) is 6.95. The van der Waals surface area contributed by atoms with E-state index in [1.807, 2.05) is 6.92 Å². The Kier molecular flexibility index (Phi) is 4.04. The minimum Gasteiger partial charge on any atom is -0.383 e. The van der Waals surface area contributed by atoms with Gasteiger partial charge in [-0.2, -0.15) is 0 Å². The number of hydrogen-bond acceptors (Lipinski definition) is 4. The number of aryl methyl sites for hydroxylation is 2. The van der Waals surface area contributed by atoms with Crippen LogP contribution < -0.4 is 11.1 Å². The van der Waals surface area contributed by atoms with Crippen molar-refractivity contribution in [3.8, 4) is 0 Å². The van der Waals surface area contributed by atoms with Crippen LogP contribution in [0, 0.1) is 13.8 Å². The number of hydrogen-bond donors (Lipinski definition) is 2. The first kappa shape index (κ1) is 13.8. The van der Waals surface area contributed by atoms with Gasteiger partial charge in [0.15, 0.2) is 0 Å². The summed E-state index contributed by atoms with van der Waals surface area (Å²) in [6.45, 7) is 6.17. The number of halogens is 1. The zero-order valence-electron chi connectivity index (χ0n) is 11.3. The van der Waals surface area contributed by atoms with Gasteiger partial charge in [0.2, 0.25) is 0 Å². The molecule has 0 aliphatic rings. The Hall–Kier alpha value is -1.62. The third-order valence-corrected chi connectivity index (χ3v) is 3.53. The van der Waals surface area contributed by atoms with Gasteiger partial charge in [0.05, 0.1) is 0 Å². The van der Waals surface area contributed by atoms with Crippen molar-refractivity contribution in [2.75, 3.05) is 11.1 Å². The van der Waals surface area contributed by atoms with Crippen molar-refractivity contribution in [3.63, 3.8) is 0 Å². The van der Waals surface area contributed by atoms with E-state index in [0.717, 1.165) is 39.1 Å². The molecular formula is C14H17BrN4. The van der Waals surface area contributed by atoms with E-state index < -0.39 is 0 Å². The molecule has 0 amide bonds. The lowest BCUT2D eigenvalue weighted by Crippen LogP contribution is -2.06. The van der Waals surface area contributed by atoms with Gasteiger partial charge in [0.1, 0.15) is 18.0 Å². The summed E-state index contributed by atoms with van der Waals surface area (Å²) >= 11 is 3.50. The zero-order valence-corrected chi connectivity index (χ0v) is 12.9. The summed E-state index contributed by atoms with van der Waals surface area (Å²) < 4.78 is 1.07. The fourth-order valence-corrected chi connectivity index (χ4v) is 2.80. The molecule has 0 aliphatic heterocycles. The van der Waals surface area contributed by atoms with Gasteiger partial charge in [0, 0.05) is 15.7 Å². The molecule has 0 saturated carbocycles. The van der Waals surface area contributed by atoms with E-state index in [1.54, 1.807) is 0 Å². The van der Waals surface area contributed by atoms with Crippen molar-refractivity contribution in [2.24, 2.45) is 0 Å². The maximum absolute atomic E-state index is 5.89. The minimum absolute atomic E-state index is 0.535. The molecule has 2 aromatic rings. The molecule has 1 heterocycles. The predicted molar refractivity (Wildman–Crippen MR) is 82.7 cm³/mol. The molecule has 0 unspecified atom stereocenters. The van der Waals surface area contributed by atoms with E-state index in [4.69, 9.17) is 5.73 Å². The molecule has 4 nitrogen and oxygen atoms in total. The number of nitrogens with two attached hydrogens (primary N) is 1. The lowest BCUT2D eigenvalue weighted by Gasteiger charge is -2.15. The Morgan fingerprint density at radius 2 is 1.84 bits per heavy atom. The number of rotatable bonds is 3. The molecule has 0 spiro atoms. The van der Waals surface area contributed by atoms with E-state index in [9.17, 15) is 0 Å². The normalized spacial score (nSPS) is 10.5. The Morgan fingerprint density at radius 1 is 1.21 bits per heavy atom. The maximum atomic E-state index is 5.89. The molecule has 0 fully saturated rings. The Bertz CT molecular complexity index is 587. The summed E-state index contributed by atoms with van der Waals surface area (Å²) in [6.07, 6.45) is 2.28. The van der Waals surface area contributed by atoms with Crippen LogP contribution in [0.25, 0.3) is 0 Å². The van der Waals surface area contributed by atoms with Gasteiger partial charge < -0.3 is 11.1 Å². The Balaban J connectivity index is 2.45. The number of benzene rings is 1. The lowest BCUT2D eigenvalue weighted by molar-refractivity contribution is 1.06. The average molecular weight is 321 g/mol. The molecule has 3 N–H and O–H groups in total. The molecule has 0 atom stereocenters. The summed E-state index contributed by atoms with van der Waals surface area (Å²) in [5, 5.41) is 3.38. The third-order valence-electron chi connectivity index (χ3n) is 3.07. The first-order valence-electron chi connectivity index (χ1n) is 6.16. The van der Waals surface area contributed by atoms with E-state index >= 15 is 0 Å².